The minimum absolute atomic E-state index is 0. The Hall–Kier alpha value is -2.56. The van der Waals surface area contributed by atoms with E-state index < -0.39 is 0 Å². The first-order chi connectivity index (χ1) is 15.5. The summed E-state index contributed by atoms with van der Waals surface area (Å²) in [4.78, 5) is 20.0. The van der Waals surface area contributed by atoms with Crippen LogP contribution in [0.5, 0.6) is 11.8 Å². The van der Waals surface area contributed by atoms with Crippen molar-refractivity contribution in [3.05, 3.63) is 72.8 Å². The Morgan fingerprint density at radius 3 is 2.21 bits per heavy atom. The molecule has 1 radical (unpaired) electrons. The molecule has 1 aromatic carbocycles. The van der Waals surface area contributed by atoms with Gasteiger partial charge >= 0.3 is 0 Å². The third-order valence-corrected chi connectivity index (χ3v) is 5.47. The van der Waals surface area contributed by atoms with Crippen molar-refractivity contribution >= 4 is 16.6 Å². The topological polar surface area (TPSA) is 72.3 Å². The van der Waals surface area contributed by atoms with Crippen LogP contribution in [0.2, 0.25) is 0 Å². The summed E-state index contributed by atoms with van der Waals surface area (Å²) in [7, 11) is 0. The molecule has 5 nitrogen and oxygen atoms in total. The fraction of sp³-hybridized carbons (Fsp3) is 0.370. The number of benzene rings is 1. The SMILES string of the molecule is CCC(CC)C(=O)/C=C(\O)C(CC)CC.[Ir].[c-]1cccnc1Oc1cc2ccccc2cn1. The van der Waals surface area contributed by atoms with E-state index in [2.05, 4.69) is 16.0 Å². The van der Waals surface area contributed by atoms with Crippen LogP contribution in [0.25, 0.3) is 10.8 Å². The van der Waals surface area contributed by atoms with Gasteiger partial charge < -0.3 is 9.84 Å². The second-order valence-electron chi connectivity index (χ2n) is 7.56. The normalized spacial score (nSPS) is 11.0. The minimum Gasteiger partial charge on any atom is -0.512 e. The maximum Gasteiger partial charge on any atom is 0.219 e. The van der Waals surface area contributed by atoms with Crippen molar-refractivity contribution in [3.63, 3.8) is 0 Å². The van der Waals surface area contributed by atoms with Crippen molar-refractivity contribution in [1.29, 1.82) is 0 Å². The van der Waals surface area contributed by atoms with Crippen molar-refractivity contribution < 1.29 is 34.7 Å². The second kappa shape index (κ2) is 15.3. The standard InChI is InChI=1S/C14H9N2O.C13H24O2.Ir/c1-2-6-12-10-16-14(9-11(12)5-1)17-13-7-3-4-8-15-13;1-5-10(6-2)12(14)9-13(15)11(7-3)8-4;/h1-6,8-10H;9-11,14H,5-8H2,1-4H3;/q-1;;/b;12-9-;. The van der Waals surface area contributed by atoms with Gasteiger partial charge in [0.2, 0.25) is 5.88 Å². The van der Waals surface area contributed by atoms with Gasteiger partial charge in [0.15, 0.2) is 5.78 Å². The maximum atomic E-state index is 11.7. The van der Waals surface area contributed by atoms with Gasteiger partial charge in [-0.1, -0.05) is 58.2 Å². The van der Waals surface area contributed by atoms with Gasteiger partial charge in [0.25, 0.3) is 0 Å². The van der Waals surface area contributed by atoms with E-state index in [-0.39, 0.29) is 43.5 Å². The summed E-state index contributed by atoms with van der Waals surface area (Å²) in [6.07, 6.45) is 8.35. The number of carbonyl (C=O) groups excluding carboxylic acids is 1. The largest absolute Gasteiger partial charge is 0.512 e. The molecule has 0 saturated heterocycles. The molecule has 3 aromatic rings. The van der Waals surface area contributed by atoms with Crippen molar-refractivity contribution in [1.82, 2.24) is 9.97 Å². The average Bonchev–Trinajstić information content (AvgIpc) is 2.82. The van der Waals surface area contributed by atoms with Crippen LogP contribution in [-0.4, -0.2) is 20.9 Å². The number of hydrogen-bond acceptors (Lipinski definition) is 5. The van der Waals surface area contributed by atoms with Gasteiger partial charge in [0.05, 0.1) is 5.76 Å². The minimum atomic E-state index is 0. The molecule has 2 heterocycles. The Balaban J connectivity index is 0.000000324. The Labute approximate surface area is 210 Å². The molecule has 179 valence electrons. The molecule has 3 rings (SSSR count). The molecule has 0 aliphatic heterocycles. The van der Waals surface area contributed by atoms with E-state index in [1.54, 1.807) is 24.5 Å². The number of ether oxygens (including phenoxy) is 1. The van der Waals surface area contributed by atoms with E-state index in [1.165, 1.54) is 6.08 Å². The molecule has 0 spiro atoms. The predicted octanol–water partition coefficient (Wildman–Crippen LogP) is 7.09. The molecule has 0 aliphatic rings. The quantitative estimate of drug-likeness (QED) is 0.156. The predicted molar refractivity (Wildman–Crippen MR) is 129 cm³/mol. The number of carbonyl (C=O) groups is 1. The zero-order valence-electron chi connectivity index (χ0n) is 19.7. The number of aliphatic hydroxyl groups is 1. The summed E-state index contributed by atoms with van der Waals surface area (Å²) in [5.74, 6) is 1.50. The van der Waals surface area contributed by atoms with Crippen LogP contribution in [0, 0.1) is 17.9 Å². The molecule has 0 saturated carbocycles. The van der Waals surface area contributed by atoms with Gasteiger partial charge in [-0.25, -0.2) is 11.1 Å². The van der Waals surface area contributed by atoms with Crippen LogP contribution < -0.4 is 4.74 Å². The molecule has 1 N–H and O–H groups in total. The van der Waals surface area contributed by atoms with Crippen LogP contribution in [-0.2, 0) is 24.9 Å². The first-order valence-corrected chi connectivity index (χ1v) is 11.3. The third kappa shape index (κ3) is 9.07. The number of allylic oxidation sites excluding steroid dienone is 2. The second-order valence-corrected chi connectivity index (χ2v) is 7.56. The molecule has 0 atom stereocenters. The van der Waals surface area contributed by atoms with Gasteiger partial charge in [-0.05, 0) is 31.1 Å². The van der Waals surface area contributed by atoms with Gasteiger partial charge in [0.1, 0.15) is 5.88 Å². The average molecular weight is 626 g/mol. The molecule has 2 aromatic heterocycles. The summed E-state index contributed by atoms with van der Waals surface area (Å²) in [6, 6.07) is 16.3. The molecular formula is C27H33IrN2O3-. The molecule has 33 heavy (non-hydrogen) atoms. The number of rotatable bonds is 9. The number of aliphatic hydroxyl groups excluding tert-OH is 1. The van der Waals surface area contributed by atoms with Gasteiger partial charge in [-0.2, -0.15) is 12.1 Å². The smallest absolute Gasteiger partial charge is 0.219 e. The summed E-state index contributed by atoms with van der Waals surface area (Å²) in [6.45, 7) is 8.07. The fourth-order valence-electron chi connectivity index (χ4n) is 3.36. The van der Waals surface area contributed by atoms with Gasteiger partial charge in [-0.3, -0.25) is 9.78 Å². The van der Waals surface area contributed by atoms with E-state index in [1.807, 2.05) is 58.0 Å². The van der Waals surface area contributed by atoms with E-state index in [9.17, 15) is 9.90 Å². The first-order valence-electron chi connectivity index (χ1n) is 11.3. The monoisotopic (exact) mass is 626 g/mol. The molecular weight excluding hydrogens is 593 g/mol. The Kier molecular flexibility index (Phi) is 13.2. The van der Waals surface area contributed by atoms with E-state index >= 15 is 0 Å². The first kappa shape index (κ1) is 28.5. The summed E-state index contributed by atoms with van der Waals surface area (Å²) < 4.78 is 5.51. The Morgan fingerprint density at radius 2 is 1.64 bits per heavy atom. The Bertz CT molecular complexity index is 1000. The molecule has 0 unspecified atom stereocenters. The number of aromatic nitrogens is 2. The van der Waals surface area contributed by atoms with Gasteiger partial charge in [-0.15, -0.1) is 0 Å². The summed E-state index contributed by atoms with van der Waals surface area (Å²) in [5, 5.41) is 11.9. The maximum absolute atomic E-state index is 11.7. The number of ketones is 1. The van der Waals surface area contributed by atoms with Crippen LogP contribution in [0.3, 0.4) is 0 Å². The number of nitrogens with zero attached hydrogens (tertiary/aromatic N) is 2. The number of pyridine rings is 2. The van der Waals surface area contributed by atoms with Crippen molar-refractivity contribution in [2.45, 2.75) is 53.4 Å². The van der Waals surface area contributed by atoms with Crippen molar-refractivity contribution in [3.8, 4) is 11.8 Å². The zero-order valence-corrected chi connectivity index (χ0v) is 22.1. The van der Waals surface area contributed by atoms with Crippen LogP contribution in [0.4, 0.5) is 0 Å². The molecule has 0 aliphatic carbocycles. The van der Waals surface area contributed by atoms with Crippen molar-refractivity contribution in [2.75, 3.05) is 0 Å². The van der Waals surface area contributed by atoms with Crippen LogP contribution in [0.1, 0.15) is 53.4 Å². The molecule has 0 bridgehead atoms. The summed E-state index contributed by atoms with van der Waals surface area (Å²) in [5.41, 5.74) is 0. The molecule has 0 fully saturated rings. The van der Waals surface area contributed by atoms with E-state index in [4.69, 9.17) is 4.74 Å². The fourth-order valence-corrected chi connectivity index (χ4v) is 3.36. The molecule has 0 amide bonds. The number of hydrogen-bond donors (Lipinski definition) is 1. The zero-order chi connectivity index (χ0) is 23.3. The third-order valence-electron chi connectivity index (χ3n) is 5.47. The summed E-state index contributed by atoms with van der Waals surface area (Å²) >= 11 is 0. The molecule has 6 heteroatoms. The Morgan fingerprint density at radius 1 is 1.00 bits per heavy atom. The van der Waals surface area contributed by atoms with Crippen molar-refractivity contribution in [2.24, 2.45) is 11.8 Å². The van der Waals surface area contributed by atoms with Crippen LogP contribution >= 0.6 is 0 Å². The van der Waals surface area contributed by atoms with E-state index in [0.717, 1.165) is 36.5 Å². The van der Waals surface area contributed by atoms with Gasteiger partial charge in [0, 0.05) is 55.7 Å². The number of fused-ring (bicyclic) bond motifs is 1. The van der Waals surface area contributed by atoms with Crippen LogP contribution in [0.15, 0.2) is 66.7 Å². The van der Waals surface area contributed by atoms with E-state index in [0.29, 0.717) is 11.8 Å².